The van der Waals surface area contributed by atoms with E-state index in [1.807, 2.05) is 9.80 Å². The second-order valence-electron chi connectivity index (χ2n) is 7.22. The summed E-state index contributed by atoms with van der Waals surface area (Å²) in [5.74, 6) is -0.419. The third-order valence-electron chi connectivity index (χ3n) is 5.79. The molecule has 0 radical (unpaired) electrons. The molecule has 0 bridgehead atoms. The molecule has 1 spiro atoms. The topological polar surface area (TPSA) is 68.3 Å². The molecule has 0 unspecified atom stereocenters. The van der Waals surface area contributed by atoms with Crippen molar-refractivity contribution in [3.05, 3.63) is 0 Å². The average Bonchev–Trinajstić information content (AvgIpc) is 3.23. The molecule has 0 aliphatic carbocycles. The first-order chi connectivity index (χ1) is 11.7. The minimum absolute atomic E-state index is 0.116. The molecular formula is C17H26N2O5. The average molecular weight is 338 g/mol. The van der Waals surface area contributed by atoms with Crippen molar-refractivity contribution in [2.24, 2.45) is 5.92 Å². The Morgan fingerprint density at radius 2 is 1.71 bits per heavy atom. The Kier molecular flexibility index (Phi) is 4.49. The standard InChI is InChI=1S/C17H26N2O5/c20-15-11-13(12-19(15)14-1-7-22-8-2-14)16(21)18-5-3-17(4-6-18)23-9-10-24-17/h13-14H,1-12H2/t13-/m1/s1. The lowest BCUT2D eigenvalue weighted by Gasteiger charge is -2.38. The van der Waals surface area contributed by atoms with E-state index >= 15 is 0 Å². The summed E-state index contributed by atoms with van der Waals surface area (Å²) in [5, 5.41) is 0. The maximum atomic E-state index is 12.8. The van der Waals surface area contributed by atoms with E-state index in [0.717, 1.165) is 25.7 Å². The summed E-state index contributed by atoms with van der Waals surface area (Å²) in [6.45, 7) is 4.58. The molecule has 2 amide bonds. The number of piperidine rings is 1. The van der Waals surface area contributed by atoms with Crippen LogP contribution in [0.15, 0.2) is 0 Å². The van der Waals surface area contributed by atoms with Gasteiger partial charge in [0.1, 0.15) is 0 Å². The molecule has 0 aromatic heterocycles. The quantitative estimate of drug-likeness (QED) is 0.728. The highest BCUT2D eigenvalue weighted by Crippen LogP contribution is 2.33. The Morgan fingerprint density at radius 3 is 2.38 bits per heavy atom. The first-order valence-electron chi connectivity index (χ1n) is 9.11. The molecule has 4 saturated heterocycles. The van der Waals surface area contributed by atoms with Crippen LogP contribution in [0.4, 0.5) is 0 Å². The van der Waals surface area contributed by atoms with Crippen molar-refractivity contribution in [1.29, 1.82) is 0 Å². The zero-order chi connectivity index (χ0) is 16.6. The second-order valence-corrected chi connectivity index (χ2v) is 7.22. The first-order valence-corrected chi connectivity index (χ1v) is 9.11. The zero-order valence-electron chi connectivity index (χ0n) is 14.1. The van der Waals surface area contributed by atoms with Gasteiger partial charge in [-0.25, -0.2) is 0 Å². The van der Waals surface area contributed by atoms with E-state index in [2.05, 4.69) is 0 Å². The molecule has 4 fully saturated rings. The molecule has 1 atom stereocenters. The van der Waals surface area contributed by atoms with Crippen molar-refractivity contribution >= 4 is 11.8 Å². The molecule has 0 aromatic rings. The summed E-state index contributed by atoms with van der Waals surface area (Å²) in [7, 11) is 0. The lowest BCUT2D eigenvalue weighted by Crippen LogP contribution is -2.49. The third kappa shape index (κ3) is 3.05. The smallest absolute Gasteiger partial charge is 0.228 e. The number of hydrogen-bond acceptors (Lipinski definition) is 5. The van der Waals surface area contributed by atoms with Gasteiger partial charge < -0.3 is 24.0 Å². The van der Waals surface area contributed by atoms with Crippen LogP contribution in [-0.2, 0) is 23.8 Å². The van der Waals surface area contributed by atoms with E-state index < -0.39 is 5.79 Å². The molecule has 0 saturated carbocycles. The van der Waals surface area contributed by atoms with E-state index in [1.165, 1.54) is 0 Å². The number of likely N-dealkylation sites (tertiary alicyclic amines) is 2. The summed E-state index contributed by atoms with van der Waals surface area (Å²) in [5.41, 5.74) is 0. The predicted octanol–water partition coefficient (Wildman–Crippen LogP) is 0.379. The third-order valence-corrected chi connectivity index (χ3v) is 5.79. The molecule has 7 nitrogen and oxygen atoms in total. The number of amides is 2. The van der Waals surface area contributed by atoms with Crippen molar-refractivity contribution < 1.29 is 23.8 Å². The highest BCUT2D eigenvalue weighted by atomic mass is 16.7. The number of rotatable bonds is 2. The fraction of sp³-hybridized carbons (Fsp3) is 0.882. The second kappa shape index (κ2) is 6.61. The minimum Gasteiger partial charge on any atom is -0.381 e. The molecule has 7 heteroatoms. The Hall–Kier alpha value is -1.18. The van der Waals surface area contributed by atoms with Gasteiger partial charge in [-0.2, -0.15) is 0 Å². The van der Waals surface area contributed by atoms with Crippen LogP contribution < -0.4 is 0 Å². The number of carbonyl (C=O) groups is 2. The lowest BCUT2D eigenvalue weighted by atomic mass is 10.0. The van der Waals surface area contributed by atoms with Gasteiger partial charge >= 0.3 is 0 Å². The van der Waals surface area contributed by atoms with Crippen LogP contribution >= 0.6 is 0 Å². The first kappa shape index (κ1) is 16.3. The van der Waals surface area contributed by atoms with E-state index in [0.29, 0.717) is 52.5 Å². The Labute approximate surface area is 142 Å². The number of ether oxygens (including phenoxy) is 3. The van der Waals surface area contributed by atoms with Gasteiger partial charge in [0.15, 0.2) is 5.79 Å². The largest absolute Gasteiger partial charge is 0.381 e. The SMILES string of the molecule is O=C([C@@H]1CC(=O)N(C2CCOCC2)C1)N1CCC2(CC1)OCCO2. The maximum absolute atomic E-state index is 12.8. The van der Waals surface area contributed by atoms with E-state index in [9.17, 15) is 9.59 Å². The van der Waals surface area contributed by atoms with Crippen LogP contribution in [0.1, 0.15) is 32.1 Å². The summed E-state index contributed by atoms with van der Waals surface area (Å²) in [6.07, 6.45) is 3.57. The van der Waals surface area contributed by atoms with E-state index in [1.54, 1.807) is 0 Å². The molecule has 4 aliphatic rings. The van der Waals surface area contributed by atoms with Gasteiger partial charge in [-0.15, -0.1) is 0 Å². The predicted molar refractivity (Wildman–Crippen MR) is 84.1 cm³/mol. The molecule has 4 rings (SSSR count). The van der Waals surface area contributed by atoms with Crippen LogP contribution in [0.25, 0.3) is 0 Å². The van der Waals surface area contributed by atoms with Gasteiger partial charge in [-0.05, 0) is 12.8 Å². The van der Waals surface area contributed by atoms with Crippen LogP contribution in [0, 0.1) is 5.92 Å². The Balaban J connectivity index is 1.33. The molecule has 0 N–H and O–H groups in total. The highest BCUT2D eigenvalue weighted by Gasteiger charge is 2.44. The van der Waals surface area contributed by atoms with Crippen LogP contribution in [0.5, 0.6) is 0 Å². The van der Waals surface area contributed by atoms with Crippen LogP contribution in [-0.4, -0.2) is 79.5 Å². The normalized spacial score (nSPS) is 31.2. The van der Waals surface area contributed by atoms with Crippen molar-refractivity contribution in [3.8, 4) is 0 Å². The monoisotopic (exact) mass is 338 g/mol. The number of nitrogens with zero attached hydrogens (tertiary/aromatic N) is 2. The van der Waals surface area contributed by atoms with Crippen molar-refractivity contribution in [1.82, 2.24) is 9.80 Å². The van der Waals surface area contributed by atoms with Crippen molar-refractivity contribution in [2.75, 3.05) is 46.1 Å². The van der Waals surface area contributed by atoms with E-state index in [4.69, 9.17) is 14.2 Å². The molecule has 0 aromatic carbocycles. The van der Waals surface area contributed by atoms with Gasteiger partial charge in [0.25, 0.3) is 0 Å². The fourth-order valence-corrected chi connectivity index (χ4v) is 4.36. The fourth-order valence-electron chi connectivity index (χ4n) is 4.36. The van der Waals surface area contributed by atoms with Gasteiger partial charge in [0, 0.05) is 58.2 Å². The van der Waals surface area contributed by atoms with Crippen LogP contribution in [0.3, 0.4) is 0 Å². The molecule has 24 heavy (non-hydrogen) atoms. The minimum atomic E-state index is -0.462. The summed E-state index contributed by atoms with van der Waals surface area (Å²) >= 11 is 0. The van der Waals surface area contributed by atoms with Gasteiger partial charge in [0.05, 0.1) is 19.1 Å². The summed E-state index contributed by atoms with van der Waals surface area (Å²) < 4.78 is 16.8. The number of carbonyl (C=O) groups excluding carboxylic acids is 2. The summed E-state index contributed by atoms with van der Waals surface area (Å²) in [6, 6.07) is 0.244. The summed E-state index contributed by atoms with van der Waals surface area (Å²) in [4.78, 5) is 29.0. The van der Waals surface area contributed by atoms with Gasteiger partial charge in [0.2, 0.25) is 11.8 Å². The molecule has 4 heterocycles. The highest BCUT2D eigenvalue weighted by molar-refractivity contribution is 5.89. The van der Waals surface area contributed by atoms with Gasteiger partial charge in [-0.1, -0.05) is 0 Å². The Morgan fingerprint density at radius 1 is 1.04 bits per heavy atom. The van der Waals surface area contributed by atoms with Crippen LogP contribution in [0.2, 0.25) is 0 Å². The Bertz CT molecular complexity index is 489. The van der Waals surface area contributed by atoms with Crippen molar-refractivity contribution in [2.45, 2.75) is 43.9 Å². The lowest BCUT2D eigenvalue weighted by molar-refractivity contribution is -0.188. The zero-order valence-corrected chi connectivity index (χ0v) is 14.1. The van der Waals surface area contributed by atoms with E-state index in [-0.39, 0.29) is 23.8 Å². The maximum Gasteiger partial charge on any atom is 0.228 e. The van der Waals surface area contributed by atoms with Gasteiger partial charge in [-0.3, -0.25) is 9.59 Å². The molecular weight excluding hydrogens is 312 g/mol. The molecule has 4 aliphatic heterocycles. The molecule has 134 valence electrons. The number of hydrogen-bond donors (Lipinski definition) is 0. The van der Waals surface area contributed by atoms with Crippen molar-refractivity contribution in [3.63, 3.8) is 0 Å².